The first-order valence-corrected chi connectivity index (χ1v) is 7.04. The molecule has 0 bridgehead atoms. The van der Waals surface area contributed by atoms with Crippen molar-refractivity contribution in [2.24, 2.45) is 59.2 Å². The van der Waals surface area contributed by atoms with Gasteiger partial charge in [-0.3, -0.25) is 9.59 Å². The van der Waals surface area contributed by atoms with E-state index in [4.69, 9.17) is 0 Å². The fourth-order valence-electron chi connectivity index (χ4n) is 7.25. The lowest BCUT2D eigenvalue weighted by Gasteiger charge is -2.40. The van der Waals surface area contributed by atoms with E-state index in [2.05, 4.69) is 12.2 Å². The molecule has 2 heteroatoms. The van der Waals surface area contributed by atoms with Crippen LogP contribution in [0.1, 0.15) is 6.42 Å². The zero-order chi connectivity index (χ0) is 11.0. The normalized spacial score (nSPS) is 71.3. The summed E-state index contributed by atoms with van der Waals surface area (Å²) in [6, 6.07) is 0. The van der Waals surface area contributed by atoms with Crippen LogP contribution in [0.2, 0.25) is 0 Å². The molecule has 0 heterocycles. The third-order valence-corrected chi connectivity index (χ3v) is 7.27. The predicted molar refractivity (Wildman–Crippen MR) is 58.7 cm³/mol. The van der Waals surface area contributed by atoms with Crippen molar-refractivity contribution in [3.63, 3.8) is 0 Å². The summed E-state index contributed by atoms with van der Waals surface area (Å²) in [5.74, 6) is 6.25. The second-order valence-corrected chi connectivity index (χ2v) is 7.16. The Morgan fingerprint density at radius 2 is 1.59 bits per heavy atom. The predicted octanol–water partition coefficient (Wildman–Crippen LogP) is 1.31. The van der Waals surface area contributed by atoms with E-state index in [1.807, 2.05) is 0 Å². The highest BCUT2D eigenvalue weighted by Gasteiger charge is 2.80. The summed E-state index contributed by atoms with van der Waals surface area (Å²) >= 11 is 0. The highest BCUT2D eigenvalue weighted by molar-refractivity contribution is 5.96. The summed E-state index contributed by atoms with van der Waals surface area (Å²) in [6.07, 6.45) is 5.33. The van der Waals surface area contributed by atoms with Crippen LogP contribution in [0.3, 0.4) is 0 Å². The van der Waals surface area contributed by atoms with Crippen molar-refractivity contribution in [3.8, 4) is 0 Å². The lowest BCUT2D eigenvalue weighted by molar-refractivity contribution is -0.143. The number of rotatable bonds is 0. The molecule has 0 unspecified atom stereocenters. The van der Waals surface area contributed by atoms with Gasteiger partial charge in [0.1, 0.15) is 11.6 Å². The van der Waals surface area contributed by atoms with Crippen LogP contribution in [0.25, 0.3) is 0 Å². The van der Waals surface area contributed by atoms with Crippen LogP contribution in [0.4, 0.5) is 0 Å². The average Bonchev–Trinajstić information content (AvgIpc) is 2.96. The number of hydrogen-bond acceptors (Lipinski definition) is 2. The largest absolute Gasteiger partial charge is 0.299 e. The minimum absolute atomic E-state index is 0.309. The lowest BCUT2D eigenvalue weighted by atomic mass is 9.61. The van der Waals surface area contributed by atoms with Crippen LogP contribution >= 0.6 is 0 Å². The Labute approximate surface area is 99.4 Å². The Hall–Kier alpha value is -0.920. The highest BCUT2D eigenvalue weighted by Crippen LogP contribution is 2.79. The van der Waals surface area contributed by atoms with E-state index in [-0.39, 0.29) is 0 Å². The van der Waals surface area contributed by atoms with Crippen LogP contribution in [-0.4, -0.2) is 11.6 Å². The molecule has 0 aromatic rings. The van der Waals surface area contributed by atoms with Crippen LogP contribution in [0, 0.1) is 59.2 Å². The van der Waals surface area contributed by atoms with Crippen LogP contribution < -0.4 is 0 Å². The van der Waals surface area contributed by atoms with E-state index < -0.39 is 0 Å². The lowest BCUT2D eigenvalue weighted by Crippen LogP contribution is -2.48. The van der Waals surface area contributed by atoms with Gasteiger partial charge in [-0.05, 0) is 41.4 Å². The molecule has 17 heavy (non-hydrogen) atoms. The van der Waals surface area contributed by atoms with Gasteiger partial charge in [0.15, 0.2) is 0 Å². The molecular weight excluding hydrogens is 212 g/mol. The van der Waals surface area contributed by atoms with Crippen LogP contribution in [-0.2, 0) is 9.59 Å². The number of hydrogen-bond donors (Lipinski definition) is 0. The first kappa shape index (κ1) is 8.23. The maximum Gasteiger partial charge on any atom is 0.140 e. The van der Waals surface area contributed by atoms with Gasteiger partial charge in [0.25, 0.3) is 0 Å². The third kappa shape index (κ3) is 0.557. The third-order valence-electron chi connectivity index (χ3n) is 7.27. The maximum absolute atomic E-state index is 12.4. The van der Waals surface area contributed by atoms with E-state index in [0.717, 1.165) is 12.3 Å². The summed E-state index contributed by atoms with van der Waals surface area (Å²) in [5.41, 5.74) is 0. The molecule has 0 spiro atoms. The summed E-state index contributed by atoms with van der Waals surface area (Å²) < 4.78 is 0. The Morgan fingerprint density at radius 1 is 0.824 bits per heavy atom. The summed E-state index contributed by atoms with van der Waals surface area (Å²) in [5, 5.41) is 0. The second-order valence-electron chi connectivity index (χ2n) is 7.16. The zero-order valence-corrected chi connectivity index (χ0v) is 9.45. The second kappa shape index (κ2) is 2.06. The van der Waals surface area contributed by atoms with Crippen molar-refractivity contribution in [3.05, 3.63) is 12.2 Å². The molecule has 5 saturated carbocycles. The van der Waals surface area contributed by atoms with Gasteiger partial charge in [-0.15, -0.1) is 0 Å². The van der Waals surface area contributed by atoms with Gasteiger partial charge in [0.05, 0.1) is 0 Å². The number of fused-ring (bicyclic) bond motifs is 3. The number of carbonyl (C=O) groups is 2. The van der Waals surface area contributed by atoms with Crippen molar-refractivity contribution in [1.29, 1.82) is 0 Å². The zero-order valence-electron chi connectivity index (χ0n) is 9.45. The molecule has 0 radical (unpaired) electrons. The van der Waals surface area contributed by atoms with Gasteiger partial charge in [-0.25, -0.2) is 0 Å². The van der Waals surface area contributed by atoms with Crippen molar-refractivity contribution < 1.29 is 9.59 Å². The van der Waals surface area contributed by atoms with Crippen LogP contribution in [0.5, 0.6) is 0 Å². The Balaban J connectivity index is 1.68. The minimum Gasteiger partial charge on any atom is -0.299 e. The molecule has 0 aliphatic heterocycles. The van der Waals surface area contributed by atoms with E-state index in [9.17, 15) is 9.59 Å². The fraction of sp³-hybridized carbons (Fsp3) is 0.733. The van der Waals surface area contributed by atoms with Gasteiger partial charge >= 0.3 is 0 Å². The van der Waals surface area contributed by atoms with E-state index >= 15 is 0 Å². The average molecular weight is 226 g/mol. The van der Waals surface area contributed by atoms with Crippen LogP contribution in [0.15, 0.2) is 12.2 Å². The standard InChI is InChI=1S/C15H14O2/c16-7-3-6-10-9(7)4-1-2-5-8(4)13(10)14-11(5)15(17)12(6)14/h1-2,4-6,8-14H,3H2/t4-,5+,6-,8+,9-,10-,11+,12+,13-,14+/m1/s1. The van der Waals surface area contributed by atoms with Crippen molar-refractivity contribution in [2.45, 2.75) is 6.42 Å². The number of allylic oxidation sites excluding steroid dienone is 2. The first-order chi connectivity index (χ1) is 8.29. The van der Waals surface area contributed by atoms with Gasteiger partial charge in [-0.2, -0.15) is 0 Å². The van der Waals surface area contributed by atoms with E-state index in [1.54, 1.807) is 0 Å². The monoisotopic (exact) mass is 226 g/mol. The summed E-state index contributed by atoms with van der Waals surface area (Å²) in [7, 11) is 0. The van der Waals surface area contributed by atoms with E-state index in [0.29, 0.717) is 64.8 Å². The van der Waals surface area contributed by atoms with Crippen molar-refractivity contribution in [1.82, 2.24) is 0 Å². The number of Topliss-reactive ketones (excluding diaryl/α,β-unsaturated/α-hetero) is 2. The van der Waals surface area contributed by atoms with Gasteiger partial charge in [0, 0.05) is 24.2 Å². The first-order valence-electron chi connectivity index (χ1n) is 7.04. The fourth-order valence-corrected chi connectivity index (χ4v) is 7.25. The molecule has 0 saturated heterocycles. The molecule has 0 amide bonds. The molecule has 2 nitrogen and oxygen atoms in total. The SMILES string of the molecule is O=C1[C@H]2[C@H]3C=C[C@H]4[C@@H]5C(=O)C[C@H]6[C@H]1[C@H]2[C@H]([C@H]34)[C@H]65. The van der Waals surface area contributed by atoms with E-state index in [1.165, 1.54) is 0 Å². The number of carbonyl (C=O) groups excluding carboxylic acids is 2. The summed E-state index contributed by atoms with van der Waals surface area (Å²) in [4.78, 5) is 24.6. The molecule has 0 N–H and O–H groups in total. The smallest absolute Gasteiger partial charge is 0.140 e. The van der Waals surface area contributed by atoms with Gasteiger partial charge < -0.3 is 0 Å². The van der Waals surface area contributed by atoms with Gasteiger partial charge in [-0.1, -0.05) is 12.2 Å². The highest BCUT2D eigenvalue weighted by atomic mass is 16.1. The Bertz CT molecular complexity index is 533. The molecule has 6 aliphatic rings. The topological polar surface area (TPSA) is 34.1 Å². The summed E-state index contributed by atoms with van der Waals surface area (Å²) in [6.45, 7) is 0. The minimum atomic E-state index is 0.309. The molecule has 10 atom stereocenters. The molecule has 6 rings (SSSR count). The molecule has 5 fully saturated rings. The Kier molecular flexibility index (Phi) is 0.998. The molecule has 6 aliphatic carbocycles. The van der Waals surface area contributed by atoms with Crippen molar-refractivity contribution >= 4 is 11.6 Å². The number of ketones is 2. The molecule has 86 valence electrons. The Morgan fingerprint density at radius 3 is 2.41 bits per heavy atom. The molecular formula is C15H14O2. The molecule has 0 aromatic heterocycles. The molecule has 0 aromatic carbocycles. The maximum atomic E-state index is 12.4. The quantitative estimate of drug-likeness (QED) is 0.584. The van der Waals surface area contributed by atoms with Gasteiger partial charge in [0.2, 0.25) is 0 Å². The van der Waals surface area contributed by atoms with Crippen molar-refractivity contribution in [2.75, 3.05) is 0 Å².